The van der Waals surface area contributed by atoms with E-state index in [0.717, 1.165) is 23.4 Å². The van der Waals surface area contributed by atoms with Gasteiger partial charge in [-0.3, -0.25) is 9.59 Å². The van der Waals surface area contributed by atoms with Crippen molar-refractivity contribution in [2.75, 3.05) is 23.9 Å². The van der Waals surface area contributed by atoms with Crippen LogP contribution in [-0.4, -0.2) is 25.5 Å². The Morgan fingerprint density at radius 1 is 0.967 bits per heavy atom. The molecular formula is C25H24N2O3. The Morgan fingerprint density at radius 3 is 2.50 bits per heavy atom. The molecule has 2 amide bonds. The number of aryl methyl sites for hydroxylation is 1. The molecule has 0 aromatic heterocycles. The van der Waals surface area contributed by atoms with Crippen molar-refractivity contribution >= 4 is 23.2 Å². The minimum Gasteiger partial charge on any atom is -0.496 e. The molecule has 152 valence electrons. The molecule has 0 fully saturated rings. The van der Waals surface area contributed by atoms with E-state index < -0.39 is 0 Å². The quantitative estimate of drug-likeness (QED) is 0.664. The molecule has 0 radical (unpaired) electrons. The lowest BCUT2D eigenvalue weighted by molar-refractivity contribution is -0.116. The van der Waals surface area contributed by atoms with Gasteiger partial charge in [-0.15, -0.1) is 0 Å². The summed E-state index contributed by atoms with van der Waals surface area (Å²) >= 11 is 0. The number of methoxy groups -OCH3 is 1. The largest absolute Gasteiger partial charge is 0.496 e. The van der Waals surface area contributed by atoms with Crippen LogP contribution in [0.3, 0.4) is 0 Å². The molecule has 0 bridgehead atoms. The first-order valence-corrected chi connectivity index (χ1v) is 10.1. The number of rotatable bonds is 6. The van der Waals surface area contributed by atoms with Gasteiger partial charge in [-0.1, -0.05) is 36.4 Å². The molecule has 3 aromatic carbocycles. The molecular weight excluding hydrogens is 376 g/mol. The van der Waals surface area contributed by atoms with Gasteiger partial charge in [0.2, 0.25) is 5.91 Å². The van der Waals surface area contributed by atoms with Gasteiger partial charge in [0.15, 0.2) is 0 Å². The summed E-state index contributed by atoms with van der Waals surface area (Å²) in [6.07, 6.45) is 1.83. The highest BCUT2D eigenvalue weighted by atomic mass is 16.5. The Morgan fingerprint density at radius 2 is 1.70 bits per heavy atom. The van der Waals surface area contributed by atoms with Gasteiger partial charge in [-0.05, 0) is 60.4 Å². The number of para-hydroxylation sites is 2. The maximum absolute atomic E-state index is 12.9. The number of nitrogens with zero attached hydrogens (tertiary/aromatic N) is 1. The summed E-state index contributed by atoms with van der Waals surface area (Å²) in [5.74, 6) is 0.694. The van der Waals surface area contributed by atoms with E-state index in [0.29, 0.717) is 30.6 Å². The van der Waals surface area contributed by atoms with Gasteiger partial charge >= 0.3 is 0 Å². The van der Waals surface area contributed by atoms with E-state index in [1.807, 2.05) is 47.4 Å². The molecule has 0 atom stereocenters. The highest BCUT2D eigenvalue weighted by molar-refractivity contribution is 6.07. The SMILES string of the molecule is COc1ccccc1CCC(=O)Nc1ccc(C(=O)N2CCc3ccccc32)cc1. The van der Waals surface area contributed by atoms with Crippen LogP contribution in [-0.2, 0) is 17.6 Å². The van der Waals surface area contributed by atoms with Gasteiger partial charge in [-0.25, -0.2) is 0 Å². The Hall–Kier alpha value is -3.60. The van der Waals surface area contributed by atoms with E-state index in [9.17, 15) is 9.59 Å². The van der Waals surface area contributed by atoms with Gasteiger partial charge in [-0.2, -0.15) is 0 Å². The number of fused-ring (bicyclic) bond motifs is 1. The van der Waals surface area contributed by atoms with Crippen LogP contribution in [0.1, 0.15) is 27.9 Å². The highest BCUT2D eigenvalue weighted by Crippen LogP contribution is 2.29. The summed E-state index contributed by atoms with van der Waals surface area (Å²) in [4.78, 5) is 27.0. The first kappa shape index (κ1) is 19.7. The predicted molar refractivity (Wildman–Crippen MR) is 118 cm³/mol. The van der Waals surface area contributed by atoms with E-state index in [1.54, 1.807) is 31.4 Å². The fourth-order valence-corrected chi connectivity index (χ4v) is 3.78. The summed E-state index contributed by atoms with van der Waals surface area (Å²) < 4.78 is 5.33. The second-order valence-corrected chi connectivity index (χ2v) is 7.27. The highest BCUT2D eigenvalue weighted by Gasteiger charge is 2.25. The minimum absolute atomic E-state index is 0.0194. The zero-order valence-electron chi connectivity index (χ0n) is 16.9. The number of carbonyl (C=O) groups is 2. The van der Waals surface area contributed by atoms with E-state index in [1.165, 1.54) is 5.56 Å². The molecule has 1 heterocycles. The monoisotopic (exact) mass is 400 g/mol. The summed E-state index contributed by atoms with van der Waals surface area (Å²) in [6.45, 7) is 0.694. The van der Waals surface area contributed by atoms with E-state index in [4.69, 9.17) is 4.74 Å². The van der Waals surface area contributed by atoms with Crippen LogP contribution in [0.4, 0.5) is 11.4 Å². The lowest BCUT2D eigenvalue weighted by Gasteiger charge is -2.17. The molecule has 0 unspecified atom stereocenters. The van der Waals surface area contributed by atoms with Crippen LogP contribution >= 0.6 is 0 Å². The van der Waals surface area contributed by atoms with Crippen LogP contribution in [0.25, 0.3) is 0 Å². The normalized spacial score (nSPS) is 12.4. The molecule has 1 N–H and O–H groups in total. The fourth-order valence-electron chi connectivity index (χ4n) is 3.78. The lowest BCUT2D eigenvalue weighted by Crippen LogP contribution is -2.28. The standard InChI is InChI=1S/C25H24N2O3/c1-30-23-9-5-3-7-19(23)12-15-24(28)26-21-13-10-20(11-14-21)25(29)27-17-16-18-6-2-4-8-22(18)27/h2-11,13-14H,12,15-17H2,1H3,(H,26,28). The Labute approximate surface area is 176 Å². The Balaban J connectivity index is 1.36. The van der Waals surface area contributed by atoms with Crippen LogP contribution in [0.15, 0.2) is 72.8 Å². The van der Waals surface area contributed by atoms with Crippen LogP contribution in [0.5, 0.6) is 5.75 Å². The van der Waals surface area contributed by atoms with Crippen molar-refractivity contribution < 1.29 is 14.3 Å². The predicted octanol–water partition coefficient (Wildman–Crippen LogP) is 4.47. The number of amides is 2. The molecule has 0 saturated carbocycles. The average molecular weight is 400 g/mol. The van der Waals surface area contributed by atoms with Crippen LogP contribution in [0, 0.1) is 0 Å². The molecule has 30 heavy (non-hydrogen) atoms. The zero-order valence-corrected chi connectivity index (χ0v) is 16.9. The van der Waals surface area contributed by atoms with Crippen molar-refractivity contribution in [3.8, 4) is 5.75 Å². The average Bonchev–Trinajstić information content (AvgIpc) is 3.22. The molecule has 0 spiro atoms. The molecule has 1 aliphatic heterocycles. The van der Waals surface area contributed by atoms with Crippen molar-refractivity contribution in [3.63, 3.8) is 0 Å². The van der Waals surface area contributed by atoms with E-state index >= 15 is 0 Å². The number of carbonyl (C=O) groups excluding carboxylic acids is 2. The molecule has 1 aliphatic rings. The molecule has 3 aromatic rings. The van der Waals surface area contributed by atoms with Crippen molar-refractivity contribution in [2.24, 2.45) is 0 Å². The number of hydrogen-bond donors (Lipinski definition) is 1. The summed E-state index contributed by atoms with van der Waals surface area (Å²) in [5, 5.41) is 2.90. The van der Waals surface area contributed by atoms with Crippen molar-refractivity contribution in [2.45, 2.75) is 19.3 Å². The van der Waals surface area contributed by atoms with Gasteiger partial charge in [0.05, 0.1) is 7.11 Å². The van der Waals surface area contributed by atoms with Crippen LogP contribution < -0.4 is 15.0 Å². The van der Waals surface area contributed by atoms with Crippen molar-refractivity contribution in [1.82, 2.24) is 0 Å². The summed E-state index contributed by atoms with van der Waals surface area (Å²) in [7, 11) is 1.63. The number of hydrogen-bond acceptors (Lipinski definition) is 3. The number of benzene rings is 3. The number of nitrogens with one attached hydrogen (secondary N) is 1. The second-order valence-electron chi connectivity index (χ2n) is 7.27. The van der Waals surface area contributed by atoms with Gasteiger partial charge in [0.1, 0.15) is 5.75 Å². The fraction of sp³-hybridized carbons (Fsp3) is 0.200. The maximum atomic E-state index is 12.9. The molecule has 0 saturated heterocycles. The third kappa shape index (κ3) is 4.20. The van der Waals surface area contributed by atoms with E-state index in [2.05, 4.69) is 11.4 Å². The molecule has 0 aliphatic carbocycles. The number of anilines is 2. The van der Waals surface area contributed by atoms with Crippen molar-refractivity contribution in [3.05, 3.63) is 89.5 Å². The van der Waals surface area contributed by atoms with Gasteiger partial charge in [0.25, 0.3) is 5.91 Å². The minimum atomic E-state index is -0.0755. The molecule has 5 heteroatoms. The lowest BCUT2D eigenvalue weighted by atomic mass is 10.1. The zero-order chi connectivity index (χ0) is 20.9. The van der Waals surface area contributed by atoms with E-state index in [-0.39, 0.29) is 11.8 Å². The van der Waals surface area contributed by atoms with Crippen molar-refractivity contribution in [1.29, 1.82) is 0 Å². The van der Waals surface area contributed by atoms with Gasteiger partial charge < -0.3 is 15.0 Å². The van der Waals surface area contributed by atoms with Gasteiger partial charge in [0, 0.05) is 29.9 Å². The number of ether oxygens (including phenoxy) is 1. The Bertz CT molecular complexity index is 1060. The molecule has 5 nitrogen and oxygen atoms in total. The third-order valence-corrected chi connectivity index (χ3v) is 5.36. The maximum Gasteiger partial charge on any atom is 0.258 e. The Kier molecular flexibility index (Phi) is 5.80. The first-order valence-electron chi connectivity index (χ1n) is 10.1. The third-order valence-electron chi connectivity index (χ3n) is 5.36. The summed E-state index contributed by atoms with van der Waals surface area (Å²) in [6, 6.07) is 22.8. The topological polar surface area (TPSA) is 58.6 Å². The smallest absolute Gasteiger partial charge is 0.258 e. The first-order chi connectivity index (χ1) is 14.7. The summed E-state index contributed by atoms with van der Waals surface area (Å²) in [5.41, 5.74) is 4.47. The van der Waals surface area contributed by atoms with Crippen LogP contribution in [0.2, 0.25) is 0 Å². The molecule has 4 rings (SSSR count). The second kappa shape index (κ2) is 8.82.